The van der Waals surface area contributed by atoms with Crippen molar-refractivity contribution < 1.29 is 22.7 Å². The Morgan fingerprint density at radius 2 is 1.56 bits per heavy atom. The molecule has 200 valence electrons. The summed E-state index contributed by atoms with van der Waals surface area (Å²) in [4.78, 5) is 28.5. The second-order valence-electron chi connectivity index (χ2n) is 8.86. The van der Waals surface area contributed by atoms with Gasteiger partial charge < -0.3 is 9.64 Å². The van der Waals surface area contributed by atoms with Crippen LogP contribution in [0.2, 0.25) is 0 Å². The van der Waals surface area contributed by atoms with Crippen LogP contribution < -0.4 is 14.4 Å². The Labute approximate surface area is 228 Å². The number of sulfonamides is 1. The Hall–Kier alpha value is -4.43. The number of allylic oxidation sites excluding steroid dienone is 1. The molecule has 0 saturated carbocycles. The third-order valence-corrected chi connectivity index (χ3v) is 7.67. The monoisotopic (exact) mass is 542 g/mol. The first kappa shape index (κ1) is 27.6. The molecule has 0 aliphatic carbocycles. The molecule has 7 nitrogen and oxygen atoms in total. The van der Waals surface area contributed by atoms with E-state index in [0.29, 0.717) is 18.0 Å². The van der Waals surface area contributed by atoms with Crippen LogP contribution in [-0.2, 0) is 19.6 Å². The number of fused-ring (bicyclic) bond motifs is 1. The molecule has 1 N–H and O–H groups in total. The van der Waals surface area contributed by atoms with Gasteiger partial charge in [-0.2, -0.15) is 0 Å². The molecule has 1 atom stereocenters. The summed E-state index contributed by atoms with van der Waals surface area (Å²) in [6, 6.07) is 28.3. The number of rotatable bonds is 10. The molecule has 0 saturated heterocycles. The van der Waals surface area contributed by atoms with Crippen molar-refractivity contribution in [3.8, 4) is 5.75 Å². The van der Waals surface area contributed by atoms with Crippen molar-refractivity contribution in [1.29, 1.82) is 0 Å². The van der Waals surface area contributed by atoms with Crippen molar-refractivity contribution in [3.63, 3.8) is 0 Å². The van der Waals surface area contributed by atoms with Gasteiger partial charge in [-0.25, -0.2) is 13.1 Å². The van der Waals surface area contributed by atoms with Gasteiger partial charge in [0, 0.05) is 12.2 Å². The molecule has 0 fully saturated rings. The number of anilines is 1. The van der Waals surface area contributed by atoms with Crippen molar-refractivity contribution in [2.24, 2.45) is 5.92 Å². The first-order chi connectivity index (χ1) is 18.8. The molecule has 39 heavy (non-hydrogen) atoms. The summed E-state index contributed by atoms with van der Waals surface area (Å²) in [5, 5.41) is 1.60. The van der Waals surface area contributed by atoms with Crippen molar-refractivity contribution in [2.45, 2.75) is 18.2 Å². The van der Waals surface area contributed by atoms with Gasteiger partial charge in [0.25, 0.3) is 10.0 Å². The lowest BCUT2D eigenvalue weighted by atomic mass is 10.0. The Morgan fingerprint density at radius 1 is 0.897 bits per heavy atom. The van der Waals surface area contributed by atoms with Gasteiger partial charge in [-0.05, 0) is 66.1 Å². The molecule has 2 amide bonds. The van der Waals surface area contributed by atoms with E-state index in [-0.39, 0.29) is 11.3 Å². The minimum absolute atomic E-state index is 0.00721. The Kier molecular flexibility index (Phi) is 8.78. The van der Waals surface area contributed by atoms with Crippen LogP contribution in [0.5, 0.6) is 5.75 Å². The van der Waals surface area contributed by atoms with Crippen LogP contribution in [0.3, 0.4) is 0 Å². The van der Waals surface area contributed by atoms with E-state index in [1.54, 1.807) is 74.7 Å². The van der Waals surface area contributed by atoms with Crippen LogP contribution in [0.1, 0.15) is 18.9 Å². The van der Waals surface area contributed by atoms with E-state index in [2.05, 4.69) is 4.72 Å². The Balaban J connectivity index is 1.61. The van der Waals surface area contributed by atoms with Gasteiger partial charge >= 0.3 is 0 Å². The zero-order valence-electron chi connectivity index (χ0n) is 21.8. The van der Waals surface area contributed by atoms with E-state index in [0.717, 1.165) is 16.3 Å². The maximum absolute atomic E-state index is 13.7. The minimum atomic E-state index is -4.22. The smallest absolute Gasteiger partial charge is 0.264 e. The van der Waals surface area contributed by atoms with Crippen molar-refractivity contribution in [1.82, 2.24) is 4.72 Å². The van der Waals surface area contributed by atoms with Gasteiger partial charge in [-0.15, -0.1) is 0 Å². The number of para-hydroxylation sites is 1. The quantitative estimate of drug-likeness (QED) is 0.270. The first-order valence-corrected chi connectivity index (χ1v) is 14.0. The van der Waals surface area contributed by atoms with Crippen LogP contribution in [-0.4, -0.2) is 33.9 Å². The van der Waals surface area contributed by atoms with E-state index in [1.807, 2.05) is 36.4 Å². The van der Waals surface area contributed by atoms with E-state index in [1.165, 1.54) is 17.0 Å². The molecule has 0 spiro atoms. The second kappa shape index (κ2) is 12.4. The average Bonchev–Trinajstić information content (AvgIpc) is 2.96. The number of carbonyl (C=O) groups is 2. The normalized spacial score (nSPS) is 12.3. The molecular formula is C31H30N2O5S. The minimum Gasteiger partial charge on any atom is -0.497 e. The fraction of sp³-hybridized carbons (Fsp3) is 0.161. The number of hydrogen-bond donors (Lipinski definition) is 1. The highest BCUT2D eigenvalue weighted by atomic mass is 32.2. The van der Waals surface area contributed by atoms with Crippen LogP contribution in [0.25, 0.3) is 16.8 Å². The lowest BCUT2D eigenvalue weighted by molar-refractivity contribution is -0.132. The van der Waals surface area contributed by atoms with E-state index >= 15 is 0 Å². The Bertz CT molecular complexity index is 1580. The summed E-state index contributed by atoms with van der Waals surface area (Å²) < 4.78 is 33.7. The molecule has 0 heterocycles. The number of ether oxygens (including phenoxy) is 1. The fourth-order valence-electron chi connectivity index (χ4n) is 4.23. The number of methoxy groups -OCH3 is 1. The van der Waals surface area contributed by atoms with Gasteiger partial charge in [0.2, 0.25) is 11.8 Å². The predicted octanol–water partition coefficient (Wildman–Crippen LogP) is 5.43. The summed E-state index contributed by atoms with van der Waals surface area (Å²) in [5.41, 5.74) is 1.47. The highest BCUT2D eigenvalue weighted by Gasteiger charge is 2.33. The summed E-state index contributed by atoms with van der Waals surface area (Å²) in [6.45, 7) is 2.12. The third-order valence-electron chi connectivity index (χ3n) is 6.33. The highest BCUT2D eigenvalue weighted by molar-refractivity contribution is 7.90. The number of amides is 2. The molecule has 0 aliphatic heterocycles. The molecule has 1 unspecified atom stereocenters. The highest BCUT2D eigenvalue weighted by Crippen LogP contribution is 2.22. The summed E-state index contributed by atoms with van der Waals surface area (Å²) >= 11 is 0. The number of nitrogens with one attached hydrogen (secondary N) is 1. The summed E-state index contributed by atoms with van der Waals surface area (Å²) in [5.74, 6) is -1.94. The standard InChI is InChI=1S/C31H30N2O5S/c1-3-33(26-13-5-4-6-14-26)31(35)29(15-9-10-23-16-19-27(38-2)20-17-23)30(34)32-39(36,37)28-21-18-24-11-7-8-12-25(24)22-28/h4-14,16-22,29H,3,15H2,1-2H3,(H,32,34). The van der Waals surface area contributed by atoms with Crippen LogP contribution in [0, 0.1) is 5.92 Å². The van der Waals surface area contributed by atoms with Crippen molar-refractivity contribution in [3.05, 3.63) is 109 Å². The molecule has 0 bridgehead atoms. The van der Waals surface area contributed by atoms with E-state index in [9.17, 15) is 18.0 Å². The lowest BCUT2D eigenvalue weighted by Gasteiger charge is -2.25. The lowest BCUT2D eigenvalue weighted by Crippen LogP contribution is -2.45. The predicted molar refractivity (Wildman–Crippen MR) is 154 cm³/mol. The number of hydrogen-bond acceptors (Lipinski definition) is 5. The van der Waals surface area contributed by atoms with Gasteiger partial charge in [0.05, 0.1) is 12.0 Å². The second-order valence-corrected chi connectivity index (χ2v) is 10.5. The van der Waals surface area contributed by atoms with Crippen molar-refractivity contribution in [2.75, 3.05) is 18.6 Å². The maximum Gasteiger partial charge on any atom is 0.264 e. The third kappa shape index (κ3) is 6.72. The zero-order valence-corrected chi connectivity index (χ0v) is 22.6. The molecule has 8 heteroatoms. The van der Waals surface area contributed by atoms with Gasteiger partial charge in [0.15, 0.2) is 0 Å². The average molecular weight is 543 g/mol. The van der Waals surface area contributed by atoms with Crippen LogP contribution in [0.15, 0.2) is 108 Å². The van der Waals surface area contributed by atoms with Gasteiger partial charge in [0.1, 0.15) is 11.7 Å². The van der Waals surface area contributed by atoms with Gasteiger partial charge in [-0.1, -0.05) is 72.8 Å². The first-order valence-electron chi connectivity index (χ1n) is 12.5. The molecule has 0 radical (unpaired) electrons. The number of benzene rings is 4. The van der Waals surface area contributed by atoms with Crippen LogP contribution in [0.4, 0.5) is 5.69 Å². The topological polar surface area (TPSA) is 92.8 Å². The largest absolute Gasteiger partial charge is 0.497 e. The molecule has 0 aliphatic rings. The SMILES string of the molecule is CCN(C(=O)C(CC=Cc1ccc(OC)cc1)C(=O)NS(=O)(=O)c1ccc2ccccc2c1)c1ccccc1. The van der Waals surface area contributed by atoms with E-state index < -0.39 is 27.8 Å². The number of nitrogens with zero attached hydrogens (tertiary/aromatic N) is 1. The number of carbonyl (C=O) groups excluding carboxylic acids is 2. The maximum atomic E-state index is 13.7. The fourth-order valence-corrected chi connectivity index (χ4v) is 5.29. The van der Waals surface area contributed by atoms with E-state index in [4.69, 9.17) is 4.74 Å². The molecule has 4 aromatic rings. The molecule has 0 aromatic heterocycles. The van der Waals surface area contributed by atoms with Gasteiger partial charge in [-0.3, -0.25) is 9.59 Å². The zero-order chi connectivity index (χ0) is 27.8. The summed E-state index contributed by atoms with van der Waals surface area (Å²) in [6.07, 6.45) is 3.49. The molecular weight excluding hydrogens is 512 g/mol. The van der Waals surface area contributed by atoms with Crippen LogP contribution >= 0.6 is 0 Å². The molecule has 4 rings (SSSR count). The Morgan fingerprint density at radius 3 is 2.23 bits per heavy atom. The molecule has 4 aromatic carbocycles. The van der Waals surface area contributed by atoms with Crippen molar-refractivity contribution >= 4 is 44.4 Å². The summed E-state index contributed by atoms with van der Waals surface area (Å²) in [7, 11) is -2.64.